The predicted molar refractivity (Wildman–Crippen MR) is 87.7 cm³/mol. The standard InChI is InChI=1S/C15H24N2O4S/c1-11(2)16-15(18)10-17(22(5,19)20)13-6-8-14(9-7-13)21-12(3)4/h6-9,11-12H,10H2,1-5H3,(H,16,18). The number of amides is 1. The normalized spacial score (nSPS) is 11.6. The molecule has 7 heteroatoms. The zero-order chi connectivity index (χ0) is 16.9. The van der Waals surface area contributed by atoms with Gasteiger partial charge in [-0.05, 0) is 52.0 Å². The molecule has 0 bridgehead atoms. The van der Waals surface area contributed by atoms with Gasteiger partial charge in [0.15, 0.2) is 0 Å². The minimum absolute atomic E-state index is 0.0358. The Morgan fingerprint density at radius 1 is 1.18 bits per heavy atom. The smallest absolute Gasteiger partial charge is 0.240 e. The minimum Gasteiger partial charge on any atom is -0.491 e. The van der Waals surface area contributed by atoms with Gasteiger partial charge in [0.25, 0.3) is 0 Å². The van der Waals surface area contributed by atoms with Crippen LogP contribution in [0.5, 0.6) is 5.75 Å². The Morgan fingerprint density at radius 3 is 2.14 bits per heavy atom. The molecule has 22 heavy (non-hydrogen) atoms. The molecule has 0 atom stereocenters. The van der Waals surface area contributed by atoms with Crippen LogP contribution in [0.25, 0.3) is 0 Å². The van der Waals surface area contributed by atoms with E-state index in [1.807, 2.05) is 27.7 Å². The summed E-state index contributed by atoms with van der Waals surface area (Å²) >= 11 is 0. The van der Waals surface area contributed by atoms with Gasteiger partial charge in [-0.1, -0.05) is 0 Å². The van der Waals surface area contributed by atoms with Crippen LogP contribution in [-0.2, 0) is 14.8 Å². The fourth-order valence-electron chi connectivity index (χ4n) is 1.86. The summed E-state index contributed by atoms with van der Waals surface area (Å²) in [5.74, 6) is 0.307. The maximum Gasteiger partial charge on any atom is 0.240 e. The van der Waals surface area contributed by atoms with Gasteiger partial charge in [0.1, 0.15) is 12.3 Å². The van der Waals surface area contributed by atoms with Gasteiger partial charge in [0, 0.05) is 6.04 Å². The number of ether oxygens (including phenoxy) is 1. The van der Waals surface area contributed by atoms with Crippen LogP contribution < -0.4 is 14.4 Å². The number of anilines is 1. The molecule has 124 valence electrons. The molecule has 0 aromatic heterocycles. The first-order chi connectivity index (χ1) is 10.1. The first kappa shape index (κ1) is 18.3. The number of carbonyl (C=O) groups excluding carboxylic acids is 1. The molecule has 0 saturated heterocycles. The van der Waals surface area contributed by atoms with Crippen LogP contribution in [0.4, 0.5) is 5.69 Å². The Bertz CT molecular complexity index is 594. The van der Waals surface area contributed by atoms with Gasteiger partial charge in [-0.2, -0.15) is 0 Å². The van der Waals surface area contributed by atoms with Crippen LogP contribution >= 0.6 is 0 Å². The second-order valence-corrected chi connectivity index (χ2v) is 7.56. The van der Waals surface area contributed by atoms with Gasteiger partial charge in [0.05, 0.1) is 18.0 Å². The van der Waals surface area contributed by atoms with Crippen molar-refractivity contribution >= 4 is 21.6 Å². The van der Waals surface area contributed by atoms with Gasteiger partial charge in [0.2, 0.25) is 15.9 Å². The molecule has 0 aliphatic heterocycles. The van der Waals surface area contributed by atoms with E-state index in [-0.39, 0.29) is 24.6 Å². The maximum absolute atomic E-state index is 11.9. The van der Waals surface area contributed by atoms with Crippen molar-refractivity contribution in [2.75, 3.05) is 17.1 Å². The third kappa shape index (κ3) is 5.93. The Kier molecular flexibility index (Phi) is 6.22. The van der Waals surface area contributed by atoms with Crippen LogP contribution in [0.3, 0.4) is 0 Å². The van der Waals surface area contributed by atoms with Crippen molar-refractivity contribution in [1.29, 1.82) is 0 Å². The van der Waals surface area contributed by atoms with Gasteiger partial charge in [-0.15, -0.1) is 0 Å². The number of nitrogens with one attached hydrogen (secondary N) is 1. The van der Waals surface area contributed by atoms with E-state index in [4.69, 9.17) is 4.74 Å². The third-order valence-corrected chi connectivity index (χ3v) is 3.77. The molecule has 6 nitrogen and oxygen atoms in total. The van der Waals surface area contributed by atoms with E-state index in [2.05, 4.69) is 5.32 Å². The molecule has 1 aromatic carbocycles. The fourth-order valence-corrected chi connectivity index (χ4v) is 2.72. The molecule has 1 amide bonds. The number of carbonyl (C=O) groups is 1. The summed E-state index contributed by atoms with van der Waals surface area (Å²) < 4.78 is 30.5. The Hall–Kier alpha value is -1.76. The minimum atomic E-state index is -3.55. The highest BCUT2D eigenvalue weighted by atomic mass is 32.2. The summed E-state index contributed by atoms with van der Waals surface area (Å²) in [6, 6.07) is 6.58. The number of hydrogen-bond donors (Lipinski definition) is 1. The van der Waals surface area contributed by atoms with E-state index in [0.29, 0.717) is 11.4 Å². The first-order valence-electron chi connectivity index (χ1n) is 7.13. The van der Waals surface area contributed by atoms with Gasteiger partial charge in [-0.3, -0.25) is 9.10 Å². The lowest BCUT2D eigenvalue weighted by molar-refractivity contribution is -0.120. The summed E-state index contributed by atoms with van der Waals surface area (Å²) in [5.41, 5.74) is 0.428. The highest BCUT2D eigenvalue weighted by Gasteiger charge is 2.21. The average Bonchev–Trinajstić information content (AvgIpc) is 2.34. The summed E-state index contributed by atoms with van der Waals surface area (Å²) in [7, 11) is -3.55. The summed E-state index contributed by atoms with van der Waals surface area (Å²) in [6.45, 7) is 7.21. The Morgan fingerprint density at radius 2 is 1.73 bits per heavy atom. The number of rotatable bonds is 7. The lowest BCUT2D eigenvalue weighted by Crippen LogP contribution is -2.42. The highest BCUT2D eigenvalue weighted by molar-refractivity contribution is 7.92. The summed E-state index contributed by atoms with van der Waals surface area (Å²) in [6.07, 6.45) is 1.11. The molecular formula is C15H24N2O4S. The topological polar surface area (TPSA) is 75.7 Å². The molecule has 1 N–H and O–H groups in total. The van der Waals surface area contributed by atoms with Crippen LogP contribution in [0.1, 0.15) is 27.7 Å². The van der Waals surface area contributed by atoms with E-state index < -0.39 is 10.0 Å². The quantitative estimate of drug-likeness (QED) is 0.827. The molecule has 1 rings (SSSR count). The number of nitrogens with zero attached hydrogens (tertiary/aromatic N) is 1. The van der Waals surface area contributed by atoms with Crippen LogP contribution in [0.15, 0.2) is 24.3 Å². The predicted octanol–water partition coefficient (Wildman–Crippen LogP) is 1.76. The largest absolute Gasteiger partial charge is 0.491 e. The molecule has 0 spiro atoms. The van der Waals surface area contributed by atoms with Crippen molar-refractivity contribution < 1.29 is 17.9 Å². The summed E-state index contributed by atoms with van der Waals surface area (Å²) in [4.78, 5) is 11.9. The molecule has 0 fully saturated rings. The van der Waals surface area contributed by atoms with E-state index >= 15 is 0 Å². The maximum atomic E-state index is 11.9. The van der Waals surface area contributed by atoms with Crippen LogP contribution in [-0.4, -0.2) is 39.3 Å². The summed E-state index contributed by atoms with van der Waals surface area (Å²) in [5, 5.41) is 2.68. The number of benzene rings is 1. The second-order valence-electron chi connectivity index (χ2n) is 5.65. The molecule has 0 radical (unpaired) electrons. The third-order valence-electron chi connectivity index (χ3n) is 2.63. The van der Waals surface area contributed by atoms with Crippen molar-refractivity contribution in [2.45, 2.75) is 39.8 Å². The monoisotopic (exact) mass is 328 g/mol. The van der Waals surface area contributed by atoms with Crippen molar-refractivity contribution in [2.24, 2.45) is 0 Å². The lowest BCUT2D eigenvalue weighted by Gasteiger charge is -2.23. The van der Waals surface area contributed by atoms with Crippen molar-refractivity contribution in [3.8, 4) is 5.75 Å². The number of hydrogen-bond acceptors (Lipinski definition) is 4. The molecule has 0 aliphatic carbocycles. The molecular weight excluding hydrogens is 304 g/mol. The molecule has 0 saturated carbocycles. The van der Waals surface area contributed by atoms with Gasteiger partial charge >= 0.3 is 0 Å². The molecule has 0 aliphatic rings. The highest BCUT2D eigenvalue weighted by Crippen LogP contribution is 2.22. The lowest BCUT2D eigenvalue weighted by atomic mass is 10.3. The average molecular weight is 328 g/mol. The van der Waals surface area contributed by atoms with Crippen LogP contribution in [0, 0.1) is 0 Å². The van der Waals surface area contributed by atoms with E-state index in [1.165, 1.54) is 0 Å². The van der Waals surface area contributed by atoms with Crippen molar-refractivity contribution in [3.63, 3.8) is 0 Å². The van der Waals surface area contributed by atoms with Gasteiger partial charge < -0.3 is 10.1 Å². The van der Waals surface area contributed by atoms with E-state index in [1.54, 1.807) is 24.3 Å². The molecule has 1 aromatic rings. The van der Waals surface area contributed by atoms with Crippen LogP contribution in [0.2, 0.25) is 0 Å². The van der Waals surface area contributed by atoms with E-state index in [9.17, 15) is 13.2 Å². The van der Waals surface area contributed by atoms with E-state index in [0.717, 1.165) is 10.6 Å². The fraction of sp³-hybridized carbons (Fsp3) is 0.533. The first-order valence-corrected chi connectivity index (χ1v) is 8.98. The zero-order valence-electron chi connectivity index (χ0n) is 13.7. The zero-order valence-corrected chi connectivity index (χ0v) is 14.5. The Balaban J connectivity index is 2.96. The Labute approximate surface area is 132 Å². The molecule has 0 unspecified atom stereocenters. The van der Waals surface area contributed by atoms with Crippen molar-refractivity contribution in [3.05, 3.63) is 24.3 Å². The van der Waals surface area contributed by atoms with Gasteiger partial charge in [-0.25, -0.2) is 8.42 Å². The number of sulfonamides is 1. The SMILES string of the molecule is CC(C)NC(=O)CN(c1ccc(OC(C)C)cc1)S(C)(=O)=O. The molecule has 0 heterocycles. The second kappa shape index (κ2) is 7.49. The van der Waals surface area contributed by atoms with Crippen molar-refractivity contribution in [1.82, 2.24) is 5.32 Å².